The van der Waals surface area contributed by atoms with Crippen LogP contribution in [0.5, 0.6) is 0 Å². The van der Waals surface area contributed by atoms with Gasteiger partial charge in [-0.05, 0) is 69.3 Å². The molecule has 4 N–H and O–H groups in total. The molecule has 0 radical (unpaired) electrons. The zero-order valence-electron chi connectivity index (χ0n) is 69.2. The van der Waals surface area contributed by atoms with E-state index in [0.29, 0.717) is 16.7 Å². The number of hydrogen-bond acceptors (Lipinski definition) is 11. The highest BCUT2D eigenvalue weighted by atomic mass is 16.5. The molecule has 3 aliphatic carbocycles. The molecule has 598 valence electrons. The van der Waals surface area contributed by atoms with Gasteiger partial charge in [0.1, 0.15) is 6.61 Å². The Bertz CT molecular complexity index is 3150. The lowest BCUT2D eigenvalue weighted by Crippen LogP contribution is -2.32. The first-order chi connectivity index (χ1) is 50.9. The molecule has 0 saturated carbocycles. The third kappa shape index (κ3) is 42.9. The highest BCUT2D eigenvalue weighted by Crippen LogP contribution is 2.34. The number of unbranched alkanes of at least 4 members (excludes halogenated alkanes) is 38. The Hall–Kier alpha value is -6.42. The van der Waals surface area contributed by atoms with Crippen LogP contribution in [0.4, 0.5) is 0 Å². The van der Waals surface area contributed by atoms with Gasteiger partial charge < -0.3 is 39.6 Å². The molecule has 0 fully saturated rings. The van der Waals surface area contributed by atoms with Crippen LogP contribution in [-0.4, -0.2) is 84.2 Å². The van der Waals surface area contributed by atoms with E-state index in [0.717, 1.165) is 111 Å². The average Bonchev–Trinajstić information content (AvgIpc) is 1.65. The van der Waals surface area contributed by atoms with Gasteiger partial charge in [-0.25, -0.2) is 15.0 Å². The molecule has 0 amide bonds. The SMILES string of the molecule is CC(=O)OCc1cocc2c(C=O)ccc1-2.CC(C)(C)NO.CCCCCCCCCCCCCCCCCCN.CCCCCCCCCCCCCCCCCCn1cc(C=O)c2ccc(C=O)c-2c1.CCCCCCCCCCCn1cc(/C=[N+](\[O-])C(C)(C)C)c2ccc(/C=[N+](\[O-])C(C)(C)C)c-2c1. The molecule has 0 bridgehead atoms. The van der Waals surface area contributed by atoms with Gasteiger partial charge >= 0.3 is 5.97 Å². The van der Waals surface area contributed by atoms with Crippen LogP contribution in [0.3, 0.4) is 0 Å². The lowest BCUT2D eigenvalue weighted by Gasteiger charge is -2.20. The van der Waals surface area contributed by atoms with Crippen molar-refractivity contribution in [3.63, 3.8) is 0 Å². The minimum Gasteiger partial charge on any atom is -0.623 e. The molecule has 106 heavy (non-hydrogen) atoms. The van der Waals surface area contributed by atoms with Crippen LogP contribution < -0.4 is 11.2 Å². The molecule has 0 aromatic carbocycles. The molecule has 0 spiro atoms. The summed E-state index contributed by atoms with van der Waals surface area (Å²) >= 11 is 0. The van der Waals surface area contributed by atoms with Crippen molar-refractivity contribution in [3.05, 3.63) is 118 Å². The Kier molecular flexibility index (Phi) is 52.0. The summed E-state index contributed by atoms with van der Waals surface area (Å²) in [6.45, 7) is 28.1. The summed E-state index contributed by atoms with van der Waals surface area (Å²) in [4.78, 5) is 44.0. The van der Waals surface area contributed by atoms with Crippen molar-refractivity contribution < 1.29 is 43.0 Å². The summed E-state index contributed by atoms with van der Waals surface area (Å²) in [5, 5.41) is 33.5. The summed E-state index contributed by atoms with van der Waals surface area (Å²) < 4.78 is 16.3. The molecule has 3 heterocycles. The Morgan fingerprint density at radius 3 is 1.07 bits per heavy atom. The van der Waals surface area contributed by atoms with Crippen molar-refractivity contribution in [3.8, 4) is 33.4 Å². The van der Waals surface area contributed by atoms with E-state index in [1.54, 1.807) is 24.6 Å². The lowest BCUT2D eigenvalue weighted by atomic mass is 10.0. The second-order valence-electron chi connectivity index (χ2n) is 32.6. The van der Waals surface area contributed by atoms with Crippen molar-refractivity contribution in [2.75, 3.05) is 6.54 Å². The molecular formula is C91H150N6O9. The number of esters is 1. The number of fused-ring (bicyclic) bond motifs is 3. The second-order valence-corrected chi connectivity index (χ2v) is 32.6. The Labute approximate surface area is 644 Å². The third-order valence-corrected chi connectivity index (χ3v) is 19.5. The molecule has 3 aliphatic heterocycles. The number of rotatable bonds is 50. The van der Waals surface area contributed by atoms with Crippen LogP contribution in [0.2, 0.25) is 0 Å². The molecule has 6 aliphatic rings. The predicted molar refractivity (Wildman–Crippen MR) is 446 cm³/mol. The fourth-order valence-corrected chi connectivity index (χ4v) is 12.7. The molecular weight excluding hydrogens is 1320 g/mol. The molecule has 0 atom stereocenters. The molecule has 15 heteroatoms. The van der Waals surface area contributed by atoms with Crippen LogP contribution in [0.1, 0.15) is 401 Å². The van der Waals surface area contributed by atoms with E-state index in [1.807, 2.05) is 99.0 Å². The fraction of sp³-hybridized carbons (Fsp3) is 0.670. The quantitative estimate of drug-likeness (QED) is 0.00622. The van der Waals surface area contributed by atoms with Crippen molar-refractivity contribution in [1.82, 2.24) is 14.6 Å². The van der Waals surface area contributed by atoms with Gasteiger partial charge in [0.2, 0.25) is 0 Å². The second kappa shape index (κ2) is 57.7. The van der Waals surface area contributed by atoms with Crippen LogP contribution in [0.15, 0.2) is 78.1 Å². The van der Waals surface area contributed by atoms with Crippen LogP contribution in [0, 0.1) is 10.4 Å². The fourth-order valence-electron chi connectivity index (χ4n) is 12.7. The number of carbonyl (C=O) groups is 4. The number of nitrogens with one attached hydrogen (secondary N) is 1. The number of nitrogens with zero attached hydrogens (tertiary/aromatic N) is 4. The summed E-state index contributed by atoms with van der Waals surface area (Å²) in [5.41, 5.74) is 16.2. The number of hydroxylamine groups is 3. The number of nitrogens with two attached hydrogens (primary N) is 1. The minimum absolute atomic E-state index is 0.151. The van der Waals surface area contributed by atoms with Crippen molar-refractivity contribution >= 4 is 37.3 Å². The van der Waals surface area contributed by atoms with E-state index < -0.39 is 11.1 Å². The first-order valence-corrected chi connectivity index (χ1v) is 41.9. The van der Waals surface area contributed by atoms with Gasteiger partial charge in [0, 0.05) is 136 Å². The van der Waals surface area contributed by atoms with Crippen molar-refractivity contribution in [1.29, 1.82) is 0 Å². The smallest absolute Gasteiger partial charge is 0.302 e. The maximum absolute atomic E-state index is 12.7. The van der Waals surface area contributed by atoms with Gasteiger partial charge in [0.15, 0.2) is 42.4 Å². The molecule has 0 aromatic rings. The van der Waals surface area contributed by atoms with Crippen LogP contribution in [-0.2, 0) is 29.2 Å². The lowest BCUT2D eigenvalue weighted by molar-refractivity contribution is -0.530. The number of aldehydes is 3. The largest absolute Gasteiger partial charge is 0.623 e. The average molecular weight is 1470 g/mol. The topological polar surface area (TPSA) is 211 Å². The van der Waals surface area contributed by atoms with E-state index in [9.17, 15) is 29.6 Å². The van der Waals surface area contributed by atoms with Gasteiger partial charge in [-0.15, -0.1) is 0 Å². The first kappa shape index (κ1) is 95.7. The van der Waals surface area contributed by atoms with E-state index in [2.05, 4.69) is 47.8 Å². The van der Waals surface area contributed by atoms with Gasteiger partial charge in [-0.2, -0.15) is 0 Å². The normalized spacial score (nSPS) is 11.9. The predicted octanol–water partition coefficient (Wildman–Crippen LogP) is 25.3. The van der Waals surface area contributed by atoms with E-state index >= 15 is 0 Å². The number of aromatic nitrogens is 2. The zero-order chi connectivity index (χ0) is 78.3. The Balaban J connectivity index is 0.000000485. The maximum atomic E-state index is 12.7. The van der Waals surface area contributed by atoms with Gasteiger partial charge in [0.25, 0.3) is 0 Å². The number of hydrogen-bond donors (Lipinski definition) is 3. The van der Waals surface area contributed by atoms with E-state index in [4.69, 9.17) is 20.1 Å². The number of ether oxygens (including phenoxy) is 1. The molecule has 0 saturated heterocycles. The van der Waals surface area contributed by atoms with E-state index in [-0.39, 0.29) is 18.1 Å². The number of carbonyl (C=O) groups excluding carboxylic acids is 4. The third-order valence-electron chi connectivity index (χ3n) is 19.5. The van der Waals surface area contributed by atoms with Crippen molar-refractivity contribution in [2.24, 2.45) is 5.73 Å². The number of aryl methyl sites for hydroxylation is 2. The molecule has 0 unspecified atom stereocenters. The summed E-state index contributed by atoms with van der Waals surface area (Å²) in [6.07, 6.45) is 73.4. The summed E-state index contributed by atoms with van der Waals surface area (Å²) in [5.74, 6) is -0.348. The van der Waals surface area contributed by atoms with Gasteiger partial charge in [-0.3, -0.25) is 19.2 Å². The Morgan fingerprint density at radius 1 is 0.425 bits per heavy atom. The molecule has 6 rings (SSSR count). The minimum atomic E-state index is -0.510. The highest BCUT2D eigenvalue weighted by Gasteiger charge is 2.24. The first-order valence-electron chi connectivity index (χ1n) is 41.9. The monoisotopic (exact) mass is 1470 g/mol. The van der Waals surface area contributed by atoms with Crippen molar-refractivity contribution in [2.45, 2.75) is 390 Å². The summed E-state index contributed by atoms with van der Waals surface area (Å²) in [6, 6.07) is 11.2. The highest BCUT2D eigenvalue weighted by molar-refractivity contribution is 5.98. The maximum Gasteiger partial charge on any atom is 0.302 e. The van der Waals surface area contributed by atoms with Crippen LogP contribution >= 0.6 is 0 Å². The van der Waals surface area contributed by atoms with Crippen LogP contribution in [0.25, 0.3) is 33.4 Å². The summed E-state index contributed by atoms with van der Waals surface area (Å²) in [7, 11) is 0. The zero-order valence-corrected chi connectivity index (χ0v) is 69.2. The Morgan fingerprint density at radius 2 is 0.726 bits per heavy atom. The van der Waals surface area contributed by atoms with E-state index in [1.165, 1.54) is 270 Å². The van der Waals surface area contributed by atoms with Gasteiger partial charge in [0.05, 0.1) is 18.1 Å². The molecule has 0 aromatic heterocycles. The standard InChI is InChI=1S/C29H47N3O2.C28H43NO2.C18H39N.C12H10O4.C4H11NO/c1-8-9-10-11-12-13-14-15-16-19-30-20-25(22-32(34)29(5,6)7)26-18-17-24(27(26)23-30)21-31(33)28(2,3)4;1-2-3-4-5-6-7-8-9-10-11-12-13-14-15-16-17-20-29-21-26(24-31)27-19-18-25(23-30)28(27)22-29;1-2-3-4-5-6-7-8-9-10-11-12-13-14-15-16-17-18-19;1-8(14)16-6-10-5-15-7-12-9(4-13)2-3-11(10)12;1-4(2,3)5-6/h17-18,20-23H,8-16,19H2,1-7H3;18-19,21-24H,2-17,20H2,1H3;2-19H2,1H3;2-5,7H,6H2,1H3;5-6H,1-3H3/b31-21-,32-22-;;;;. The molecule has 15 nitrogen and oxygen atoms in total. The van der Waals surface area contributed by atoms with Gasteiger partial charge in [-0.1, -0.05) is 295 Å². The number of pyridine rings is 2.